The maximum Gasteiger partial charge on any atom is 0.335 e. The maximum absolute atomic E-state index is 12.9. The number of ether oxygens (including phenoxy) is 1. The fourth-order valence-corrected chi connectivity index (χ4v) is 4.24. The number of benzene rings is 2. The van der Waals surface area contributed by atoms with Gasteiger partial charge in [-0.1, -0.05) is 47.5 Å². The maximum atomic E-state index is 12.9. The van der Waals surface area contributed by atoms with Gasteiger partial charge >= 0.3 is 5.97 Å². The normalized spacial score (nSPS) is 13.1. The zero-order chi connectivity index (χ0) is 20.1. The summed E-state index contributed by atoms with van der Waals surface area (Å²) >= 11 is 14.0. The van der Waals surface area contributed by atoms with Gasteiger partial charge in [-0.3, -0.25) is 4.79 Å². The van der Waals surface area contributed by atoms with Gasteiger partial charge in [0, 0.05) is 23.7 Å². The van der Waals surface area contributed by atoms with E-state index >= 15 is 0 Å². The highest BCUT2D eigenvalue weighted by molar-refractivity contribution is 7.99. The summed E-state index contributed by atoms with van der Waals surface area (Å²) in [5.41, 5.74) is 1.90. The van der Waals surface area contributed by atoms with Gasteiger partial charge in [-0.25, -0.2) is 4.79 Å². The van der Waals surface area contributed by atoms with E-state index < -0.39 is 5.97 Å². The molecule has 0 saturated heterocycles. The molecular weight excluding hydrogens is 421 g/mol. The van der Waals surface area contributed by atoms with E-state index in [1.54, 1.807) is 16.7 Å². The first-order valence-electron chi connectivity index (χ1n) is 8.42. The second-order valence-electron chi connectivity index (χ2n) is 6.06. The summed E-state index contributed by atoms with van der Waals surface area (Å²) in [5, 5.41) is 9.13. The molecule has 2 aromatic rings. The third-order valence-corrected chi connectivity index (χ3v) is 5.63. The second-order valence-corrected chi connectivity index (χ2v) is 7.90. The highest BCUT2D eigenvalue weighted by Crippen LogP contribution is 2.34. The Kier molecular flexibility index (Phi) is 6.88. The summed E-state index contributed by atoms with van der Waals surface area (Å²) in [6, 6.07) is 11.8. The molecule has 3 rings (SSSR count). The molecule has 1 aliphatic heterocycles. The van der Waals surface area contributed by atoms with Crippen LogP contribution in [0.15, 0.2) is 54.1 Å². The van der Waals surface area contributed by atoms with Gasteiger partial charge in [0.15, 0.2) is 12.4 Å². The molecule has 0 radical (unpaired) electrons. The molecule has 1 heterocycles. The average Bonchev–Trinajstić information content (AvgIpc) is 3.19. The minimum absolute atomic E-state index is 0.0406. The number of para-hydroxylation sites is 1. The molecule has 5 nitrogen and oxygen atoms in total. The smallest absolute Gasteiger partial charge is 0.335 e. The topological polar surface area (TPSA) is 66.8 Å². The predicted octanol–water partition coefficient (Wildman–Crippen LogP) is 4.78. The molecule has 0 saturated carbocycles. The molecule has 1 N–H and O–H groups in total. The first kappa shape index (κ1) is 20.6. The number of carboxylic acids is 1. The van der Waals surface area contributed by atoms with Gasteiger partial charge in [-0.05, 0) is 29.8 Å². The fourth-order valence-electron chi connectivity index (χ4n) is 2.70. The Labute approximate surface area is 176 Å². The van der Waals surface area contributed by atoms with Crippen molar-refractivity contribution in [3.63, 3.8) is 0 Å². The van der Waals surface area contributed by atoms with Crippen LogP contribution < -0.4 is 9.64 Å². The van der Waals surface area contributed by atoms with Crippen LogP contribution in [0.2, 0.25) is 10.0 Å². The zero-order valence-electron chi connectivity index (χ0n) is 14.7. The van der Waals surface area contributed by atoms with E-state index in [1.807, 2.05) is 30.3 Å². The number of anilines is 1. The number of rotatable bonds is 7. The van der Waals surface area contributed by atoms with Crippen molar-refractivity contribution in [1.82, 2.24) is 0 Å². The minimum atomic E-state index is -1.15. The molecule has 1 aliphatic rings. The van der Waals surface area contributed by atoms with E-state index in [-0.39, 0.29) is 33.9 Å². The molecule has 2 aromatic carbocycles. The number of hydrogen-bond donors (Lipinski definition) is 1. The fraction of sp³-hybridized carbons (Fsp3) is 0.200. The number of hydrogen-bond acceptors (Lipinski definition) is 4. The Morgan fingerprint density at radius 3 is 2.39 bits per heavy atom. The van der Waals surface area contributed by atoms with Crippen molar-refractivity contribution < 1.29 is 19.4 Å². The number of carbonyl (C=O) groups excluding carboxylic acids is 1. The van der Waals surface area contributed by atoms with E-state index in [9.17, 15) is 9.59 Å². The van der Waals surface area contributed by atoms with Gasteiger partial charge in [0.1, 0.15) is 0 Å². The van der Waals surface area contributed by atoms with Crippen molar-refractivity contribution in [3.8, 4) is 5.75 Å². The monoisotopic (exact) mass is 437 g/mol. The SMILES string of the molecule is O=C(O)c1cc(Cl)c(OCC(=O)N(CC2=CCSC2)c2ccccc2)c(Cl)c1. The third-order valence-electron chi connectivity index (χ3n) is 4.09. The minimum Gasteiger partial charge on any atom is -0.481 e. The second kappa shape index (κ2) is 9.37. The molecule has 1 amide bonds. The van der Waals surface area contributed by atoms with Crippen molar-refractivity contribution in [2.24, 2.45) is 0 Å². The molecule has 28 heavy (non-hydrogen) atoms. The molecule has 8 heteroatoms. The Balaban J connectivity index is 1.76. The molecule has 0 aromatic heterocycles. The zero-order valence-corrected chi connectivity index (χ0v) is 17.1. The van der Waals surface area contributed by atoms with E-state index in [2.05, 4.69) is 6.08 Å². The van der Waals surface area contributed by atoms with E-state index in [1.165, 1.54) is 17.7 Å². The molecule has 146 valence electrons. The molecule has 0 unspecified atom stereocenters. The average molecular weight is 438 g/mol. The number of nitrogens with zero attached hydrogens (tertiary/aromatic N) is 1. The van der Waals surface area contributed by atoms with Crippen molar-refractivity contribution in [2.45, 2.75) is 0 Å². The lowest BCUT2D eigenvalue weighted by Gasteiger charge is -2.24. The summed E-state index contributed by atoms with van der Waals surface area (Å²) in [5.74, 6) is 0.531. The third kappa shape index (κ3) is 5.01. The summed E-state index contributed by atoms with van der Waals surface area (Å²) in [4.78, 5) is 25.6. The van der Waals surface area contributed by atoms with Crippen molar-refractivity contribution >= 4 is 52.5 Å². The number of thioether (sulfide) groups is 1. The van der Waals surface area contributed by atoms with E-state index in [4.69, 9.17) is 33.0 Å². The van der Waals surface area contributed by atoms with Crippen LogP contribution in [0.1, 0.15) is 10.4 Å². The summed E-state index contributed by atoms with van der Waals surface area (Å²) in [7, 11) is 0. The largest absolute Gasteiger partial charge is 0.481 e. The lowest BCUT2D eigenvalue weighted by molar-refractivity contribution is -0.120. The Morgan fingerprint density at radius 2 is 1.82 bits per heavy atom. The summed E-state index contributed by atoms with van der Waals surface area (Å²) < 4.78 is 5.56. The number of carboxylic acid groups (broad SMARTS) is 1. The van der Waals surface area contributed by atoms with Gasteiger partial charge in [0.2, 0.25) is 0 Å². The van der Waals surface area contributed by atoms with Crippen LogP contribution in [0.4, 0.5) is 5.69 Å². The van der Waals surface area contributed by atoms with E-state index in [0.29, 0.717) is 6.54 Å². The van der Waals surface area contributed by atoms with Gasteiger partial charge in [0.05, 0.1) is 15.6 Å². The van der Waals surface area contributed by atoms with Gasteiger partial charge < -0.3 is 14.7 Å². The first-order chi connectivity index (χ1) is 13.5. The molecule has 0 spiro atoms. The lowest BCUT2D eigenvalue weighted by atomic mass is 10.2. The quantitative estimate of drug-likeness (QED) is 0.631. The number of amides is 1. The molecule has 0 atom stereocenters. The number of aromatic carboxylic acids is 1. The molecule has 0 bridgehead atoms. The lowest BCUT2D eigenvalue weighted by Crippen LogP contribution is -2.36. The highest BCUT2D eigenvalue weighted by Gasteiger charge is 2.21. The molecule has 0 aliphatic carbocycles. The van der Waals surface area contributed by atoms with Crippen LogP contribution in [0.25, 0.3) is 0 Å². The standard InChI is InChI=1S/C20H17Cl2NO4S/c21-16-8-14(20(25)26)9-17(22)19(16)27-11-18(24)23(10-13-6-7-28-12-13)15-4-2-1-3-5-15/h1-6,8-9H,7,10-12H2,(H,25,26). The summed E-state index contributed by atoms with van der Waals surface area (Å²) in [6.45, 7) is 0.208. The predicted molar refractivity (Wildman–Crippen MR) is 113 cm³/mol. The Morgan fingerprint density at radius 1 is 1.14 bits per heavy atom. The molecular formula is C20H17Cl2NO4S. The van der Waals surface area contributed by atoms with Crippen LogP contribution in [0, 0.1) is 0 Å². The van der Waals surface area contributed by atoms with Crippen LogP contribution >= 0.6 is 35.0 Å². The summed E-state index contributed by atoms with van der Waals surface area (Å²) in [6.07, 6.45) is 2.13. The van der Waals surface area contributed by atoms with Crippen LogP contribution in [0.3, 0.4) is 0 Å². The van der Waals surface area contributed by atoms with Gasteiger partial charge in [0.25, 0.3) is 5.91 Å². The van der Waals surface area contributed by atoms with Crippen LogP contribution in [-0.4, -0.2) is 41.6 Å². The number of halogens is 2. The Bertz CT molecular complexity index is 895. The number of carbonyl (C=O) groups is 2. The van der Waals surface area contributed by atoms with Gasteiger partial charge in [-0.2, -0.15) is 11.8 Å². The molecule has 0 fully saturated rings. The van der Waals surface area contributed by atoms with Crippen molar-refractivity contribution in [1.29, 1.82) is 0 Å². The van der Waals surface area contributed by atoms with Crippen LogP contribution in [-0.2, 0) is 4.79 Å². The van der Waals surface area contributed by atoms with Gasteiger partial charge in [-0.15, -0.1) is 0 Å². The van der Waals surface area contributed by atoms with E-state index in [0.717, 1.165) is 17.2 Å². The first-order valence-corrected chi connectivity index (χ1v) is 10.3. The van der Waals surface area contributed by atoms with Crippen LogP contribution in [0.5, 0.6) is 5.75 Å². The Hall–Kier alpha value is -2.15. The van der Waals surface area contributed by atoms with Crippen molar-refractivity contribution in [2.75, 3.05) is 29.6 Å². The van der Waals surface area contributed by atoms with Crippen molar-refractivity contribution in [3.05, 3.63) is 69.7 Å². The highest BCUT2D eigenvalue weighted by atomic mass is 35.5.